The summed E-state index contributed by atoms with van der Waals surface area (Å²) in [5.41, 5.74) is 0.697. The molecule has 0 aromatic carbocycles. The van der Waals surface area contributed by atoms with E-state index in [1.807, 2.05) is 0 Å². The molecule has 1 heteroatoms. The van der Waals surface area contributed by atoms with Crippen LogP contribution in [0, 0.1) is 11.3 Å². The van der Waals surface area contributed by atoms with Gasteiger partial charge in [-0.3, -0.25) is 0 Å². The van der Waals surface area contributed by atoms with Gasteiger partial charge in [0.25, 0.3) is 0 Å². The maximum Gasteiger partial charge on any atom is 0.000792 e. The zero-order chi connectivity index (χ0) is 11.9. The SMILES string of the molecule is CCCCCCC1(CNCC(C)C)CCC1. The van der Waals surface area contributed by atoms with Crippen molar-refractivity contribution in [1.29, 1.82) is 0 Å². The first-order valence-electron chi connectivity index (χ1n) is 7.39. The van der Waals surface area contributed by atoms with E-state index in [9.17, 15) is 0 Å². The van der Waals surface area contributed by atoms with Crippen molar-refractivity contribution in [3.05, 3.63) is 0 Å². The van der Waals surface area contributed by atoms with Crippen LogP contribution < -0.4 is 5.32 Å². The first kappa shape index (κ1) is 14.0. The van der Waals surface area contributed by atoms with Gasteiger partial charge in [-0.15, -0.1) is 0 Å². The molecular weight excluding hydrogens is 194 g/mol. The fourth-order valence-corrected chi connectivity index (χ4v) is 2.74. The summed E-state index contributed by atoms with van der Waals surface area (Å²) in [6.07, 6.45) is 11.6. The third kappa shape index (κ3) is 4.86. The van der Waals surface area contributed by atoms with Crippen LogP contribution in [0.1, 0.15) is 72.1 Å². The Bertz CT molecular complexity index is 170. The molecule has 1 saturated carbocycles. The number of unbranched alkanes of at least 4 members (excludes halogenated alkanes) is 3. The second-order valence-electron chi connectivity index (χ2n) is 6.19. The van der Waals surface area contributed by atoms with E-state index in [0.717, 1.165) is 5.92 Å². The Labute approximate surface area is 102 Å². The quantitative estimate of drug-likeness (QED) is 0.574. The molecule has 0 unspecified atom stereocenters. The van der Waals surface area contributed by atoms with Gasteiger partial charge in [-0.25, -0.2) is 0 Å². The molecule has 0 aliphatic heterocycles. The second-order valence-corrected chi connectivity index (χ2v) is 6.19. The topological polar surface area (TPSA) is 12.0 Å². The molecule has 1 nitrogen and oxygen atoms in total. The standard InChI is InChI=1S/C15H31N/c1-4-5-6-7-9-15(10-8-11-15)13-16-12-14(2)3/h14,16H,4-13H2,1-3H3. The van der Waals surface area contributed by atoms with Crippen molar-refractivity contribution in [3.8, 4) is 0 Å². The Kier molecular flexibility index (Phi) is 6.41. The van der Waals surface area contributed by atoms with E-state index in [-0.39, 0.29) is 0 Å². The van der Waals surface area contributed by atoms with E-state index in [1.54, 1.807) is 0 Å². The van der Waals surface area contributed by atoms with Crippen molar-refractivity contribution in [3.63, 3.8) is 0 Å². The molecular formula is C15H31N. The van der Waals surface area contributed by atoms with Gasteiger partial charge in [0, 0.05) is 6.54 Å². The van der Waals surface area contributed by atoms with Gasteiger partial charge < -0.3 is 5.32 Å². The predicted octanol–water partition coefficient (Wildman–Crippen LogP) is 4.37. The molecule has 0 aromatic rings. The van der Waals surface area contributed by atoms with E-state index in [4.69, 9.17) is 0 Å². The largest absolute Gasteiger partial charge is 0.316 e. The maximum absolute atomic E-state index is 3.67. The van der Waals surface area contributed by atoms with E-state index >= 15 is 0 Å². The van der Waals surface area contributed by atoms with Crippen molar-refractivity contribution in [1.82, 2.24) is 5.32 Å². The molecule has 1 aliphatic carbocycles. The predicted molar refractivity (Wildman–Crippen MR) is 72.8 cm³/mol. The summed E-state index contributed by atoms with van der Waals surface area (Å²) in [4.78, 5) is 0. The van der Waals surface area contributed by atoms with Crippen molar-refractivity contribution in [2.75, 3.05) is 13.1 Å². The molecule has 0 aromatic heterocycles. The van der Waals surface area contributed by atoms with Crippen LogP contribution in [0.2, 0.25) is 0 Å². The van der Waals surface area contributed by atoms with Gasteiger partial charge in [0.15, 0.2) is 0 Å². The molecule has 96 valence electrons. The smallest absolute Gasteiger partial charge is 0.000792 e. The molecule has 1 aliphatic rings. The van der Waals surface area contributed by atoms with Crippen molar-refractivity contribution in [2.24, 2.45) is 11.3 Å². The molecule has 0 heterocycles. The van der Waals surface area contributed by atoms with Crippen LogP contribution in [0.25, 0.3) is 0 Å². The van der Waals surface area contributed by atoms with Gasteiger partial charge in [0.05, 0.1) is 0 Å². The molecule has 0 radical (unpaired) electrons. The highest BCUT2D eigenvalue weighted by Crippen LogP contribution is 2.44. The Hall–Kier alpha value is -0.0400. The molecule has 0 saturated heterocycles. The average molecular weight is 225 g/mol. The lowest BCUT2D eigenvalue weighted by molar-refractivity contribution is 0.111. The number of rotatable bonds is 9. The van der Waals surface area contributed by atoms with Crippen LogP contribution in [0.5, 0.6) is 0 Å². The van der Waals surface area contributed by atoms with Crippen LogP contribution in [0.15, 0.2) is 0 Å². The molecule has 0 spiro atoms. The molecule has 0 atom stereocenters. The summed E-state index contributed by atoms with van der Waals surface area (Å²) in [6.45, 7) is 9.35. The van der Waals surface area contributed by atoms with E-state index in [2.05, 4.69) is 26.1 Å². The number of hydrogen-bond donors (Lipinski definition) is 1. The van der Waals surface area contributed by atoms with E-state index in [1.165, 1.54) is 64.5 Å². The van der Waals surface area contributed by atoms with E-state index < -0.39 is 0 Å². The fraction of sp³-hybridized carbons (Fsp3) is 1.00. The lowest BCUT2D eigenvalue weighted by Crippen LogP contribution is -2.41. The summed E-state index contributed by atoms with van der Waals surface area (Å²) in [5.74, 6) is 0.789. The highest BCUT2D eigenvalue weighted by Gasteiger charge is 2.35. The van der Waals surface area contributed by atoms with Gasteiger partial charge >= 0.3 is 0 Å². The molecule has 1 fully saturated rings. The summed E-state index contributed by atoms with van der Waals surface area (Å²) < 4.78 is 0. The minimum absolute atomic E-state index is 0.697. The minimum atomic E-state index is 0.697. The first-order valence-corrected chi connectivity index (χ1v) is 7.39. The second kappa shape index (κ2) is 7.32. The molecule has 16 heavy (non-hydrogen) atoms. The Morgan fingerprint density at radius 2 is 1.88 bits per heavy atom. The maximum atomic E-state index is 3.67. The van der Waals surface area contributed by atoms with Crippen LogP contribution in [-0.4, -0.2) is 13.1 Å². The Balaban J connectivity index is 2.12. The first-order chi connectivity index (χ1) is 7.68. The lowest BCUT2D eigenvalue weighted by atomic mass is 9.65. The minimum Gasteiger partial charge on any atom is -0.316 e. The normalized spacial score (nSPS) is 18.8. The van der Waals surface area contributed by atoms with Gasteiger partial charge in [0.2, 0.25) is 0 Å². The number of nitrogens with one attached hydrogen (secondary N) is 1. The van der Waals surface area contributed by atoms with Gasteiger partial charge in [-0.05, 0) is 37.1 Å². The summed E-state index contributed by atoms with van der Waals surface area (Å²) in [7, 11) is 0. The van der Waals surface area contributed by atoms with Crippen molar-refractivity contribution < 1.29 is 0 Å². The Morgan fingerprint density at radius 1 is 1.12 bits per heavy atom. The molecule has 0 bridgehead atoms. The highest BCUT2D eigenvalue weighted by atomic mass is 14.9. The molecule has 1 rings (SSSR count). The third-order valence-electron chi connectivity index (χ3n) is 4.03. The van der Waals surface area contributed by atoms with E-state index in [0.29, 0.717) is 5.41 Å². The van der Waals surface area contributed by atoms with Gasteiger partial charge in [0.1, 0.15) is 0 Å². The summed E-state index contributed by atoms with van der Waals surface area (Å²) in [5, 5.41) is 3.67. The van der Waals surface area contributed by atoms with Crippen LogP contribution in [0.3, 0.4) is 0 Å². The molecule has 1 N–H and O–H groups in total. The Morgan fingerprint density at radius 3 is 2.38 bits per heavy atom. The van der Waals surface area contributed by atoms with Crippen LogP contribution >= 0.6 is 0 Å². The van der Waals surface area contributed by atoms with Gasteiger partial charge in [-0.1, -0.05) is 52.9 Å². The van der Waals surface area contributed by atoms with Crippen molar-refractivity contribution in [2.45, 2.75) is 72.1 Å². The zero-order valence-electron chi connectivity index (χ0n) is 11.6. The van der Waals surface area contributed by atoms with Gasteiger partial charge in [-0.2, -0.15) is 0 Å². The zero-order valence-corrected chi connectivity index (χ0v) is 11.6. The van der Waals surface area contributed by atoms with Crippen LogP contribution in [0.4, 0.5) is 0 Å². The summed E-state index contributed by atoms with van der Waals surface area (Å²) in [6, 6.07) is 0. The monoisotopic (exact) mass is 225 g/mol. The number of hydrogen-bond acceptors (Lipinski definition) is 1. The summed E-state index contributed by atoms with van der Waals surface area (Å²) >= 11 is 0. The average Bonchev–Trinajstić information content (AvgIpc) is 2.19. The van der Waals surface area contributed by atoms with Crippen molar-refractivity contribution >= 4 is 0 Å². The van der Waals surface area contributed by atoms with Crippen LogP contribution in [-0.2, 0) is 0 Å². The lowest BCUT2D eigenvalue weighted by Gasteiger charge is -2.42. The highest BCUT2D eigenvalue weighted by molar-refractivity contribution is 4.89. The fourth-order valence-electron chi connectivity index (χ4n) is 2.74. The third-order valence-corrected chi connectivity index (χ3v) is 4.03. The molecule has 0 amide bonds.